The lowest BCUT2D eigenvalue weighted by molar-refractivity contribution is 0.109. The van der Waals surface area contributed by atoms with Crippen molar-refractivity contribution in [2.24, 2.45) is 11.5 Å². The Hall–Kier alpha value is -0.940. The largest absolute Gasteiger partial charge is 0.380 e. The van der Waals surface area contributed by atoms with Gasteiger partial charge in [-0.1, -0.05) is 24.3 Å². The van der Waals surface area contributed by atoms with Crippen molar-refractivity contribution in [1.29, 1.82) is 0 Å². The second-order valence-corrected chi connectivity index (χ2v) is 4.42. The van der Waals surface area contributed by atoms with Crippen molar-refractivity contribution in [2.45, 2.75) is 25.0 Å². The van der Waals surface area contributed by atoms with Gasteiger partial charge in [-0.05, 0) is 24.0 Å². The minimum atomic E-state index is 0.0768. The van der Waals surface area contributed by atoms with E-state index >= 15 is 0 Å². The minimum absolute atomic E-state index is 0.0768. The van der Waals surface area contributed by atoms with Gasteiger partial charge in [-0.25, -0.2) is 0 Å². The van der Waals surface area contributed by atoms with Crippen LogP contribution in [0.2, 0.25) is 0 Å². The average Bonchev–Trinajstić information content (AvgIpc) is 2.42. The fraction of sp³-hybridized carbons (Fsp3) is 0.571. The molecular weight excluding hydrogens is 228 g/mol. The van der Waals surface area contributed by atoms with Crippen LogP contribution >= 0.6 is 0 Å². The smallest absolute Gasteiger partial charge is 0.0733 e. The van der Waals surface area contributed by atoms with Gasteiger partial charge < -0.3 is 20.9 Å². The van der Waals surface area contributed by atoms with Crippen molar-refractivity contribution in [2.75, 3.05) is 27.3 Å². The van der Waals surface area contributed by atoms with E-state index in [-0.39, 0.29) is 12.2 Å². The molecular formula is C14H24N2O2. The van der Waals surface area contributed by atoms with Crippen molar-refractivity contribution < 1.29 is 9.47 Å². The van der Waals surface area contributed by atoms with Gasteiger partial charge in [-0.15, -0.1) is 0 Å². The van der Waals surface area contributed by atoms with E-state index in [4.69, 9.17) is 20.9 Å². The molecule has 2 atom stereocenters. The fourth-order valence-corrected chi connectivity index (χ4v) is 1.94. The molecule has 0 amide bonds. The molecule has 0 fully saturated rings. The van der Waals surface area contributed by atoms with Crippen molar-refractivity contribution in [3.63, 3.8) is 0 Å². The summed E-state index contributed by atoms with van der Waals surface area (Å²) in [5, 5.41) is 0. The molecule has 1 rings (SSSR count). The van der Waals surface area contributed by atoms with Gasteiger partial charge in [0.15, 0.2) is 0 Å². The Morgan fingerprint density at radius 3 is 1.72 bits per heavy atom. The number of methoxy groups -OCH3 is 2. The summed E-state index contributed by atoms with van der Waals surface area (Å²) in [6.07, 6.45) is 1.82. The summed E-state index contributed by atoms with van der Waals surface area (Å²) >= 11 is 0. The molecule has 4 heteroatoms. The molecule has 1 aromatic rings. The van der Waals surface area contributed by atoms with Crippen LogP contribution in [0, 0.1) is 0 Å². The van der Waals surface area contributed by atoms with Gasteiger partial charge in [0.2, 0.25) is 0 Å². The van der Waals surface area contributed by atoms with Crippen molar-refractivity contribution in [3.8, 4) is 0 Å². The van der Waals surface area contributed by atoms with E-state index in [2.05, 4.69) is 24.3 Å². The van der Waals surface area contributed by atoms with Gasteiger partial charge >= 0.3 is 0 Å². The predicted octanol–water partition coefficient (Wildman–Crippen LogP) is 0.719. The quantitative estimate of drug-likeness (QED) is 0.715. The summed E-state index contributed by atoms with van der Waals surface area (Å²) in [5.41, 5.74) is 13.7. The molecule has 4 N–H and O–H groups in total. The molecule has 0 aliphatic heterocycles. The average molecular weight is 252 g/mol. The molecule has 102 valence electrons. The van der Waals surface area contributed by atoms with Crippen LogP contribution in [0.1, 0.15) is 11.1 Å². The van der Waals surface area contributed by atoms with Crippen LogP contribution < -0.4 is 11.5 Å². The molecule has 18 heavy (non-hydrogen) atoms. The number of hydrogen-bond acceptors (Lipinski definition) is 4. The zero-order chi connectivity index (χ0) is 13.4. The lowest BCUT2D eigenvalue weighted by Gasteiger charge is -2.15. The summed E-state index contributed by atoms with van der Waals surface area (Å²) in [6, 6.07) is 8.41. The van der Waals surface area contributed by atoms with E-state index in [1.165, 1.54) is 11.1 Å². The third-order valence-electron chi connectivity index (χ3n) is 3.11. The normalized spacial score (nSPS) is 14.4. The summed E-state index contributed by atoms with van der Waals surface area (Å²) in [6.45, 7) is 1.06. The minimum Gasteiger partial charge on any atom is -0.380 e. The fourth-order valence-electron chi connectivity index (χ4n) is 1.94. The first-order valence-corrected chi connectivity index (χ1v) is 6.27. The second kappa shape index (κ2) is 8.21. The van der Waals surface area contributed by atoms with Crippen LogP contribution in [-0.2, 0) is 22.3 Å². The Morgan fingerprint density at radius 2 is 1.39 bits per heavy atom. The maximum absolute atomic E-state index is 5.63. The zero-order valence-corrected chi connectivity index (χ0v) is 11.3. The maximum atomic E-state index is 5.63. The van der Waals surface area contributed by atoms with Crippen molar-refractivity contribution in [3.05, 3.63) is 35.4 Å². The Morgan fingerprint density at radius 1 is 0.944 bits per heavy atom. The molecule has 0 aromatic heterocycles. The highest BCUT2D eigenvalue weighted by atomic mass is 16.5. The van der Waals surface area contributed by atoms with Gasteiger partial charge in [-0.3, -0.25) is 0 Å². The molecule has 0 saturated carbocycles. The van der Waals surface area contributed by atoms with E-state index < -0.39 is 0 Å². The predicted molar refractivity (Wildman–Crippen MR) is 73.6 cm³/mol. The summed E-state index contributed by atoms with van der Waals surface area (Å²) in [5.74, 6) is 0. The molecule has 0 saturated heterocycles. The molecule has 2 unspecified atom stereocenters. The third-order valence-corrected chi connectivity index (χ3v) is 3.11. The maximum Gasteiger partial charge on any atom is 0.0733 e. The SMILES string of the molecule is COC(CN)Cc1cccc(CC(CN)OC)c1. The molecule has 1 aromatic carbocycles. The first-order chi connectivity index (χ1) is 8.73. The first kappa shape index (κ1) is 15.1. The van der Waals surface area contributed by atoms with E-state index in [1.54, 1.807) is 14.2 Å². The lowest BCUT2D eigenvalue weighted by Crippen LogP contribution is -2.25. The van der Waals surface area contributed by atoms with Gasteiger partial charge in [-0.2, -0.15) is 0 Å². The highest BCUT2D eigenvalue weighted by Gasteiger charge is 2.09. The number of hydrogen-bond donors (Lipinski definition) is 2. The molecule has 0 aliphatic rings. The van der Waals surface area contributed by atoms with E-state index in [0.29, 0.717) is 13.1 Å². The lowest BCUT2D eigenvalue weighted by atomic mass is 10.0. The third kappa shape index (κ3) is 4.74. The molecule has 0 radical (unpaired) electrons. The molecule has 4 nitrogen and oxygen atoms in total. The first-order valence-electron chi connectivity index (χ1n) is 6.27. The van der Waals surface area contributed by atoms with Crippen LogP contribution in [-0.4, -0.2) is 39.5 Å². The molecule has 0 aliphatic carbocycles. The summed E-state index contributed by atoms with van der Waals surface area (Å²) in [7, 11) is 3.38. The van der Waals surface area contributed by atoms with Gasteiger partial charge in [0.1, 0.15) is 0 Å². The standard InChI is InChI=1S/C14H24N2O2/c1-17-13(9-15)7-11-4-3-5-12(6-11)8-14(10-16)18-2/h3-6,13-14H,7-10,15-16H2,1-2H3. The van der Waals surface area contributed by atoms with Gasteiger partial charge in [0, 0.05) is 27.3 Å². The molecule has 0 bridgehead atoms. The van der Waals surface area contributed by atoms with E-state index in [0.717, 1.165) is 12.8 Å². The summed E-state index contributed by atoms with van der Waals surface area (Å²) in [4.78, 5) is 0. The number of ether oxygens (including phenoxy) is 2. The Bertz CT molecular complexity index is 307. The Labute approximate surface area is 109 Å². The highest BCUT2D eigenvalue weighted by molar-refractivity contribution is 5.24. The Balaban J connectivity index is 2.66. The van der Waals surface area contributed by atoms with Crippen molar-refractivity contribution in [1.82, 2.24) is 0 Å². The van der Waals surface area contributed by atoms with Crippen LogP contribution in [0.15, 0.2) is 24.3 Å². The van der Waals surface area contributed by atoms with Crippen molar-refractivity contribution >= 4 is 0 Å². The van der Waals surface area contributed by atoms with Crippen LogP contribution in [0.25, 0.3) is 0 Å². The molecule has 0 heterocycles. The zero-order valence-electron chi connectivity index (χ0n) is 11.3. The van der Waals surface area contributed by atoms with Crippen LogP contribution in [0.3, 0.4) is 0 Å². The monoisotopic (exact) mass is 252 g/mol. The second-order valence-electron chi connectivity index (χ2n) is 4.42. The van der Waals surface area contributed by atoms with E-state index in [9.17, 15) is 0 Å². The van der Waals surface area contributed by atoms with Gasteiger partial charge in [0.05, 0.1) is 12.2 Å². The highest BCUT2D eigenvalue weighted by Crippen LogP contribution is 2.11. The van der Waals surface area contributed by atoms with Crippen LogP contribution in [0.4, 0.5) is 0 Å². The Kier molecular flexibility index (Phi) is 6.90. The molecule has 0 spiro atoms. The van der Waals surface area contributed by atoms with Gasteiger partial charge in [0.25, 0.3) is 0 Å². The van der Waals surface area contributed by atoms with E-state index in [1.807, 2.05) is 0 Å². The number of nitrogens with two attached hydrogens (primary N) is 2. The van der Waals surface area contributed by atoms with Crippen LogP contribution in [0.5, 0.6) is 0 Å². The summed E-state index contributed by atoms with van der Waals surface area (Å²) < 4.78 is 10.6. The topological polar surface area (TPSA) is 70.5 Å². The number of rotatable bonds is 8. The number of benzene rings is 1.